The van der Waals surface area contributed by atoms with E-state index in [9.17, 15) is 9.59 Å². The highest BCUT2D eigenvalue weighted by molar-refractivity contribution is 7.18. The molecule has 0 radical (unpaired) electrons. The minimum atomic E-state index is -0.749. The molecule has 122 valence electrons. The second kappa shape index (κ2) is 5.56. The Kier molecular flexibility index (Phi) is 3.49. The van der Waals surface area contributed by atoms with E-state index in [0.29, 0.717) is 11.2 Å². The number of aryl methyl sites for hydroxylation is 2. The van der Waals surface area contributed by atoms with E-state index in [1.165, 1.54) is 9.44 Å². The summed E-state index contributed by atoms with van der Waals surface area (Å²) in [6.45, 7) is 1.65. The Morgan fingerprint density at radius 2 is 2.04 bits per heavy atom. The molecule has 24 heavy (non-hydrogen) atoms. The largest absolute Gasteiger partial charge is 0.368 e. The molecule has 0 aliphatic heterocycles. The van der Waals surface area contributed by atoms with Gasteiger partial charge in [0, 0.05) is 10.4 Å². The van der Waals surface area contributed by atoms with Gasteiger partial charge in [-0.15, -0.1) is 11.3 Å². The quantitative estimate of drug-likeness (QED) is 0.797. The number of nitrogens with zero attached hydrogens (tertiary/aromatic N) is 2. The van der Waals surface area contributed by atoms with Gasteiger partial charge in [0.15, 0.2) is 0 Å². The van der Waals surface area contributed by atoms with E-state index >= 15 is 0 Å². The third kappa shape index (κ3) is 2.17. The summed E-state index contributed by atoms with van der Waals surface area (Å²) < 4.78 is 1.45. The van der Waals surface area contributed by atoms with Crippen LogP contribution >= 0.6 is 11.3 Å². The number of carbonyl (C=O) groups is 1. The van der Waals surface area contributed by atoms with Crippen molar-refractivity contribution in [3.8, 4) is 11.4 Å². The molecule has 0 spiro atoms. The van der Waals surface area contributed by atoms with Crippen LogP contribution in [0.5, 0.6) is 0 Å². The maximum absolute atomic E-state index is 13.2. The number of fused-ring (bicyclic) bond motifs is 3. The smallest absolute Gasteiger partial charge is 0.263 e. The van der Waals surface area contributed by atoms with Gasteiger partial charge < -0.3 is 5.73 Å². The molecule has 1 aromatic carbocycles. The zero-order valence-electron chi connectivity index (χ0n) is 13.3. The van der Waals surface area contributed by atoms with Crippen molar-refractivity contribution in [2.45, 2.75) is 32.2 Å². The van der Waals surface area contributed by atoms with Crippen LogP contribution in [0, 0.1) is 0 Å². The van der Waals surface area contributed by atoms with Crippen molar-refractivity contribution in [2.75, 3.05) is 0 Å². The zero-order valence-corrected chi connectivity index (χ0v) is 14.1. The van der Waals surface area contributed by atoms with Crippen LogP contribution in [0.25, 0.3) is 21.6 Å². The Labute approximate surface area is 142 Å². The van der Waals surface area contributed by atoms with E-state index in [0.717, 1.165) is 35.2 Å². The normalized spacial score (nSPS) is 14.7. The molecule has 5 nitrogen and oxygen atoms in total. The molecule has 1 atom stereocenters. The van der Waals surface area contributed by atoms with Crippen LogP contribution in [-0.2, 0) is 17.6 Å². The maximum Gasteiger partial charge on any atom is 0.263 e. The lowest BCUT2D eigenvalue weighted by Gasteiger charge is -2.17. The topological polar surface area (TPSA) is 78.0 Å². The molecule has 0 saturated carbocycles. The van der Waals surface area contributed by atoms with E-state index in [-0.39, 0.29) is 5.56 Å². The van der Waals surface area contributed by atoms with Crippen molar-refractivity contribution in [2.24, 2.45) is 5.73 Å². The van der Waals surface area contributed by atoms with Gasteiger partial charge in [-0.05, 0) is 31.7 Å². The van der Waals surface area contributed by atoms with Gasteiger partial charge in [-0.25, -0.2) is 4.98 Å². The standard InChI is InChI=1S/C18H17N3O2S/c1-10(15(19)22)21-16(11-6-3-2-4-7-11)20-17-14(18(21)23)12-8-5-9-13(12)24-17/h2-4,6-7,10H,5,8-9H2,1H3,(H2,19,22). The molecule has 1 amide bonds. The van der Waals surface area contributed by atoms with Crippen LogP contribution in [0.2, 0.25) is 0 Å². The van der Waals surface area contributed by atoms with Crippen LogP contribution in [-0.4, -0.2) is 15.5 Å². The molecule has 2 N–H and O–H groups in total. The Bertz CT molecular complexity index is 1000. The zero-order chi connectivity index (χ0) is 16.8. The second-order valence-corrected chi connectivity index (χ2v) is 7.18. The average Bonchev–Trinajstić information content (AvgIpc) is 3.15. The number of benzene rings is 1. The van der Waals surface area contributed by atoms with Crippen LogP contribution < -0.4 is 11.3 Å². The Balaban J connectivity index is 2.09. The number of carbonyl (C=O) groups excluding carboxylic acids is 1. The van der Waals surface area contributed by atoms with Crippen molar-refractivity contribution in [1.82, 2.24) is 9.55 Å². The first-order valence-electron chi connectivity index (χ1n) is 7.99. The summed E-state index contributed by atoms with van der Waals surface area (Å²) in [4.78, 5) is 31.7. The van der Waals surface area contributed by atoms with Gasteiger partial charge in [0.25, 0.3) is 5.56 Å². The molecular weight excluding hydrogens is 322 g/mol. The summed E-state index contributed by atoms with van der Waals surface area (Å²) in [5.74, 6) is -0.0402. The molecule has 2 heterocycles. The lowest BCUT2D eigenvalue weighted by molar-refractivity contribution is -0.120. The van der Waals surface area contributed by atoms with Crippen molar-refractivity contribution in [3.63, 3.8) is 0 Å². The molecule has 1 aliphatic rings. The summed E-state index contributed by atoms with van der Waals surface area (Å²) in [7, 11) is 0. The number of amides is 1. The summed E-state index contributed by atoms with van der Waals surface area (Å²) in [6.07, 6.45) is 2.98. The second-order valence-electron chi connectivity index (χ2n) is 6.09. The monoisotopic (exact) mass is 339 g/mol. The van der Waals surface area contributed by atoms with E-state index in [2.05, 4.69) is 0 Å². The number of nitrogens with two attached hydrogens (primary N) is 1. The highest BCUT2D eigenvalue weighted by Gasteiger charge is 2.26. The number of primary amides is 1. The predicted octanol–water partition coefficient (Wildman–Crippen LogP) is 2.66. The number of aromatic nitrogens is 2. The molecular formula is C18H17N3O2S. The van der Waals surface area contributed by atoms with Gasteiger partial charge in [0.05, 0.1) is 5.39 Å². The Morgan fingerprint density at radius 3 is 2.75 bits per heavy atom. The lowest BCUT2D eigenvalue weighted by Crippen LogP contribution is -2.34. The average molecular weight is 339 g/mol. The van der Waals surface area contributed by atoms with Crippen molar-refractivity contribution < 1.29 is 4.79 Å². The molecule has 0 bridgehead atoms. The van der Waals surface area contributed by atoms with E-state index in [1.54, 1.807) is 18.3 Å². The fraction of sp³-hybridized carbons (Fsp3) is 0.278. The number of hydrogen-bond donors (Lipinski definition) is 1. The molecule has 1 unspecified atom stereocenters. The number of rotatable bonds is 3. The Morgan fingerprint density at radius 1 is 1.29 bits per heavy atom. The lowest BCUT2D eigenvalue weighted by atomic mass is 10.1. The van der Waals surface area contributed by atoms with Crippen molar-refractivity contribution in [1.29, 1.82) is 0 Å². The predicted molar refractivity (Wildman–Crippen MR) is 95.2 cm³/mol. The fourth-order valence-electron chi connectivity index (χ4n) is 3.33. The summed E-state index contributed by atoms with van der Waals surface area (Å²) >= 11 is 1.60. The number of hydrogen-bond acceptors (Lipinski definition) is 4. The molecule has 0 saturated heterocycles. The van der Waals surface area contributed by atoms with Crippen molar-refractivity contribution >= 4 is 27.5 Å². The number of thiophene rings is 1. The molecule has 6 heteroatoms. The van der Waals surface area contributed by atoms with Crippen LogP contribution in [0.4, 0.5) is 0 Å². The molecule has 2 aromatic heterocycles. The highest BCUT2D eigenvalue weighted by Crippen LogP contribution is 2.36. The summed E-state index contributed by atoms with van der Waals surface area (Å²) in [5.41, 5.74) is 7.24. The minimum Gasteiger partial charge on any atom is -0.368 e. The highest BCUT2D eigenvalue weighted by atomic mass is 32.1. The maximum atomic E-state index is 13.2. The van der Waals surface area contributed by atoms with Gasteiger partial charge >= 0.3 is 0 Å². The van der Waals surface area contributed by atoms with E-state index < -0.39 is 11.9 Å². The third-order valence-electron chi connectivity index (χ3n) is 4.60. The van der Waals surface area contributed by atoms with Crippen LogP contribution in [0.1, 0.15) is 29.8 Å². The molecule has 1 aliphatic carbocycles. The van der Waals surface area contributed by atoms with E-state index in [1.807, 2.05) is 30.3 Å². The van der Waals surface area contributed by atoms with Crippen LogP contribution in [0.3, 0.4) is 0 Å². The first-order valence-corrected chi connectivity index (χ1v) is 8.81. The van der Waals surface area contributed by atoms with Gasteiger partial charge in [-0.1, -0.05) is 30.3 Å². The van der Waals surface area contributed by atoms with Crippen molar-refractivity contribution in [3.05, 3.63) is 51.1 Å². The first kappa shape index (κ1) is 15.1. The molecule has 4 rings (SSSR count). The fourth-order valence-corrected chi connectivity index (χ4v) is 4.59. The van der Waals surface area contributed by atoms with Crippen LogP contribution in [0.15, 0.2) is 35.1 Å². The van der Waals surface area contributed by atoms with E-state index in [4.69, 9.17) is 10.7 Å². The molecule has 3 aromatic rings. The SMILES string of the molecule is CC(C(N)=O)n1c(-c2ccccc2)nc2sc3c(c2c1=O)CCC3. The first-order chi connectivity index (χ1) is 11.6. The van der Waals surface area contributed by atoms with Gasteiger partial charge in [0.1, 0.15) is 16.7 Å². The van der Waals surface area contributed by atoms with Gasteiger partial charge in [-0.2, -0.15) is 0 Å². The summed E-state index contributed by atoms with van der Waals surface area (Å²) in [6, 6.07) is 8.71. The Hall–Kier alpha value is -2.47. The minimum absolute atomic E-state index is 0.162. The summed E-state index contributed by atoms with van der Waals surface area (Å²) in [5, 5.41) is 0.667. The van der Waals surface area contributed by atoms with Gasteiger partial charge in [-0.3, -0.25) is 14.2 Å². The van der Waals surface area contributed by atoms with Gasteiger partial charge in [0.2, 0.25) is 5.91 Å². The molecule has 0 fully saturated rings. The third-order valence-corrected chi connectivity index (χ3v) is 5.79.